The molecular weight excluding hydrogens is 162 g/mol. The number of rotatable bonds is 0. The monoisotopic (exact) mass is 177 g/mol. The van der Waals surface area contributed by atoms with Gasteiger partial charge in [0.1, 0.15) is 0 Å². The van der Waals surface area contributed by atoms with Crippen LogP contribution in [0.4, 0.5) is 5.95 Å². The molecule has 0 saturated heterocycles. The fourth-order valence-electron chi connectivity index (χ4n) is 2.67. The summed E-state index contributed by atoms with van der Waals surface area (Å²) in [4.78, 5) is 4.46. The molecule has 1 N–H and O–H groups in total. The molecule has 3 heteroatoms. The van der Waals surface area contributed by atoms with Gasteiger partial charge in [-0.2, -0.15) is 0 Å². The number of imidazole rings is 1. The normalized spacial score (nSPS) is 30.8. The van der Waals surface area contributed by atoms with Gasteiger partial charge in [-0.3, -0.25) is 0 Å². The average Bonchev–Trinajstić information content (AvgIpc) is 2.63. The summed E-state index contributed by atoms with van der Waals surface area (Å²) < 4.78 is 2.27. The van der Waals surface area contributed by atoms with Gasteiger partial charge in [0.2, 0.25) is 5.95 Å². The van der Waals surface area contributed by atoms with Crippen LogP contribution >= 0.6 is 0 Å². The molecule has 1 aliphatic heterocycles. The topological polar surface area (TPSA) is 29.9 Å². The van der Waals surface area contributed by atoms with Crippen molar-refractivity contribution in [1.82, 2.24) is 9.55 Å². The Morgan fingerprint density at radius 1 is 1.54 bits per heavy atom. The molecule has 13 heavy (non-hydrogen) atoms. The van der Waals surface area contributed by atoms with E-state index in [1.165, 1.54) is 25.8 Å². The van der Waals surface area contributed by atoms with Gasteiger partial charge in [0.25, 0.3) is 0 Å². The number of aryl methyl sites for hydroxylation is 1. The second kappa shape index (κ2) is 2.50. The Balaban J connectivity index is 1.96. The Morgan fingerprint density at radius 3 is 3.38 bits per heavy atom. The molecule has 2 heterocycles. The molecular formula is C10H15N3. The van der Waals surface area contributed by atoms with Gasteiger partial charge in [-0.15, -0.1) is 0 Å². The Morgan fingerprint density at radius 2 is 2.46 bits per heavy atom. The van der Waals surface area contributed by atoms with Crippen LogP contribution in [0.3, 0.4) is 0 Å². The molecule has 1 aliphatic carbocycles. The molecule has 1 aromatic rings. The summed E-state index contributed by atoms with van der Waals surface area (Å²) in [7, 11) is 0. The second-order valence-corrected chi connectivity index (χ2v) is 4.30. The Kier molecular flexibility index (Phi) is 1.43. The van der Waals surface area contributed by atoms with Crippen LogP contribution in [0.2, 0.25) is 0 Å². The van der Waals surface area contributed by atoms with Crippen LogP contribution < -0.4 is 5.32 Å². The van der Waals surface area contributed by atoms with Crippen molar-refractivity contribution in [2.75, 3.05) is 5.32 Å². The van der Waals surface area contributed by atoms with Crippen molar-refractivity contribution in [2.45, 2.75) is 38.8 Å². The summed E-state index contributed by atoms with van der Waals surface area (Å²) in [5, 5.41) is 3.53. The van der Waals surface area contributed by atoms with Gasteiger partial charge >= 0.3 is 0 Å². The van der Waals surface area contributed by atoms with Crippen molar-refractivity contribution in [1.29, 1.82) is 0 Å². The molecule has 0 aromatic carbocycles. The largest absolute Gasteiger partial charge is 0.353 e. The second-order valence-electron chi connectivity index (χ2n) is 4.30. The van der Waals surface area contributed by atoms with Gasteiger partial charge in [-0.25, -0.2) is 4.98 Å². The highest BCUT2D eigenvalue weighted by Gasteiger charge is 2.32. The van der Waals surface area contributed by atoms with E-state index >= 15 is 0 Å². The molecule has 2 aliphatic rings. The van der Waals surface area contributed by atoms with E-state index in [1.807, 2.05) is 0 Å². The average molecular weight is 177 g/mol. The third-order valence-electron chi connectivity index (χ3n) is 3.30. The zero-order valence-corrected chi connectivity index (χ0v) is 7.95. The minimum absolute atomic E-state index is 0.703. The Bertz CT molecular complexity index is 299. The highest BCUT2D eigenvalue weighted by atomic mass is 15.2. The standard InChI is InChI=1S/C10H15N3/c1-7-5-13-6-8-3-2-4-9(8)12-10(13)11-7/h5,8-9H,2-4,6H2,1H3,(H,11,12). The third kappa shape index (κ3) is 1.06. The quantitative estimate of drug-likeness (QED) is 0.654. The van der Waals surface area contributed by atoms with Gasteiger partial charge in [-0.1, -0.05) is 6.42 Å². The van der Waals surface area contributed by atoms with Crippen molar-refractivity contribution < 1.29 is 0 Å². The highest BCUT2D eigenvalue weighted by Crippen LogP contribution is 2.33. The van der Waals surface area contributed by atoms with Crippen molar-refractivity contribution in [3.05, 3.63) is 11.9 Å². The van der Waals surface area contributed by atoms with Crippen molar-refractivity contribution >= 4 is 5.95 Å². The van der Waals surface area contributed by atoms with Gasteiger partial charge in [-0.05, 0) is 25.7 Å². The molecule has 2 atom stereocenters. The summed E-state index contributed by atoms with van der Waals surface area (Å²) in [6.45, 7) is 3.23. The minimum atomic E-state index is 0.703. The van der Waals surface area contributed by atoms with Gasteiger partial charge in [0.05, 0.1) is 5.69 Å². The highest BCUT2D eigenvalue weighted by molar-refractivity contribution is 5.33. The Hall–Kier alpha value is -0.990. The molecule has 70 valence electrons. The summed E-state index contributed by atoms with van der Waals surface area (Å²) in [5.41, 5.74) is 1.13. The van der Waals surface area contributed by atoms with Gasteiger partial charge < -0.3 is 9.88 Å². The van der Waals surface area contributed by atoms with Gasteiger partial charge in [0.15, 0.2) is 0 Å². The van der Waals surface area contributed by atoms with E-state index in [-0.39, 0.29) is 0 Å². The first kappa shape index (κ1) is 7.42. The zero-order chi connectivity index (χ0) is 8.84. The van der Waals surface area contributed by atoms with Gasteiger partial charge in [0, 0.05) is 18.8 Å². The van der Waals surface area contributed by atoms with Crippen molar-refractivity contribution in [3.8, 4) is 0 Å². The number of hydrogen-bond donors (Lipinski definition) is 1. The van der Waals surface area contributed by atoms with E-state index < -0.39 is 0 Å². The first-order valence-corrected chi connectivity index (χ1v) is 5.13. The van der Waals surface area contributed by atoms with Crippen LogP contribution in [-0.4, -0.2) is 15.6 Å². The van der Waals surface area contributed by atoms with E-state index in [1.54, 1.807) is 0 Å². The maximum atomic E-state index is 4.46. The van der Waals surface area contributed by atoms with E-state index in [2.05, 4.69) is 28.0 Å². The lowest BCUT2D eigenvalue weighted by Gasteiger charge is -2.28. The van der Waals surface area contributed by atoms with Crippen LogP contribution in [0, 0.1) is 12.8 Å². The molecule has 1 aromatic heterocycles. The van der Waals surface area contributed by atoms with Crippen molar-refractivity contribution in [2.24, 2.45) is 5.92 Å². The lowest BCUT2D eigenvalue weighted by molar-refractivity contribution is 0.402. The first-order valence-electron chi connectivity index (χ1n) is 5.13. The summed E-state index contributed by atoms with van der Waals surface area (Å²) >= 11 is 0. The molecule has 0 spiro atoms. The molecule has 1 fully saturated rings. The lowest BCUT2D eigenvalue weighted by atomic mass is 10.0. The first-order chi connectivity index (χ1) is 6.33. The predicted octanol–water partition coefficient (Wildman–Crippen LogP) is 1.79. The molecule has 0 bridgehead atoms. The molecule has 0 amide bonds. The number of anilines is 1. The lowest BCUT2D eigenvalue weighted by Crippen LogP contribution is -2.33. The predicted molar refractivity (Wildman–Crippen MR) is 51.7 cm³/mol. The fraction of sp³-hybridized carbons (Fsp3) is 0.700. The van der Waals surface area contributed by atoms with Crippen LogP contribution in [0.5, 0.6) is 0 Å². The van der Waals surface area contributed by atoms with E-state index in [0.29, 0.717) is 6.04 Å². The van der Waals surface area contributed by atoms with E-state index in [0.717, 1.165) is 17.6 Å². The van der Waals surface area contributed by atoms with E-state index in [9.17, 15) is 0 Å². The molecule has 3 rings (SSSR count). The number of hydrogen-bond acceptors (Lipinski definition) is 2. The van der Waals surface area contributed by atoms with E-state index in [4.69, 9.17) is 0 Å². The number of fused-ring (bicyclic) bond motifs is 2. The molecule has 1 saturated carbocycles. The molecule has 2 unspecified atom stereocenters. The van der Waals surface area contributed by atoms with Crippen LogP contribution in [0.15, 0.2) is 6.20 Å². The number of aromatic nitrogens is 2. The maximum Gasteiger partial charge on any atom is 0.203 e. The van der Waals surface area contributed by atoms with Crippen LogP contribution in [0.1, 0.15) is 25.0 Å². The maximum absolute atomic E-state index is 4.46. The summed E-state index contributed by atoms with van der Waals surface area (Å²) in [6.07, 6.45) is 6.24. The fourth-order valence-corrected chi connectivity index (χ4v) is 2.67. The molecule has 0 radical (unpaired) electrons. The Labute approximate surface area is 78.2 Å². The number of nitrogens with zero attached hydrogens (tertiary/aromatic N) is 2. The third-order valence-corrected chi connectivity index (χ3v) is 3.30. The summed E-state index contributed by atoms with van der Waals surface area (Å²) in [6, 6.07) is 0.703. The smallest absolute Gasteiger partial charge is 0.203 e. The van der Waals surface area contributed by atoms with Crippen LogP contribution in [-0.2, 0) is 6.54 Å². The SMILES string of the molecule is Cc1cn2c(n1)NC1CCCC1C2. The minimum Gasteiger partial charge on any atom is -0.353 e. The summed E-state index contributed by atoms with van der Waals surface area (Å²) in [5.74, 6) is 1.93. The van der Waals surface area contributed by atoms with Crippen molar-refractivity contribution in [3.63, 3.8) is 0 Å². The zero-order valence-electron chi connectivity index (χ0n) is 7.95. The van der Waals surface area contributed by atoms with Crippen LogP contribution in [0.25, 0.3) is 0 Å². The molecule has 3 nitrogen and oxygen atoms in total. The number of nitrogens with one attached hydrogen (secondary N) is 1.